The van der Waals surface area contributed by atoms with E-state index >= 15 is 0 Å². The molecule has 1 aliphatic rings. The monoisotopic (exact) mass is 375 g/mol. The Hall–Kier alpha value is -2.05. The van der Waals surface area contributed by atoms with Gasteiger partial charge in [-0.3, -0.25) is 13.9 Å². The van der Waals surface area contributed by atoms with Crippen LogP contribution in [0.3, 0.4) is 0 Å². The highest BCUT2D eigenvalue weighted by atomic mass is 32.1. The van der Waals surface area contributed by atoms with Crippen molar-refractivity contribution in [2.75, 3.05) is 0 Å². The number of imidazole rings is 1. The molecule has 1 N–H and O–H groups in total. The number of aliphatic imine (C=N–C) groups is 1. The van der Waals surface area contributed by atoms with Gasteiger partial charge in [0.1, 0.15) is 11.3 Å². The first-order valence-corrected chi connectivity index (χ1v) is 9.81. The van der Waals surface area contributed by atoms with E-state index in [4.69, 9.17) is 12.2 Å². The Bertz CT molecular complexity index is 943. The van der Waals surface area contributed by atoms with Crippen LogP contribution in [0, 0.1) is 0 Å². The van der Waals surface area contributed by atoms with Crippen molar-refractivity contribution in [3.8, 4) is 0 Å². The molecule has 7 nitrogen and oxygen atoms in total. The molecule has 2 heterocycles. The van der Waals surface area contributed by atoms with E-state index in [0.717, 1.165) is 44.3 Å². The summed E-state index contributed by atoms with van der Waals surface area (Å²) in [6, 6.07) is 0.244. The number of aryl methyl sites for hydroxylation is 1. The van der Waals surface area contributed by atoms with Crippen LogP contribution in [-0.4, -0.2) is 30.3 Å². The van der Waals surface area contributed by atoms with Crippen molar-refractivity contribution in [1.82, 2.24) is 19.1 Å². The molecule has 2 aromatic heterocycles. The van der Waals surface area contributed by atoms with Gasteiger partial charge in [-0.25, -0.2) is 14.8 Å². The lowest BCUT2D eigenvalue weighted by atomic mass is 9.86. The van der Waals surface area contributed by atoms with Gasteiger partial charge in [0.15, 0.2) is 5.65 Å². The number of fused-ring (bicyclic) bond motifs is 1. The molecule has 26 heavy (non-hydrogen) atoms. The lowest BCUT2D eigenvalue weighted by molar-refractivity contribution is 0.389. The van der Waals surface area contributed by atoms with Gasteiger partial charge in [-0.1, -0.05) is 13.8 Å². The standard InChI is InChI=1S/C18H25N5O2S/c1-3-9-22-16-14(17(24)23(10-4-2)18(22)25)20-15(21-16)12-5-7-13(8-6-12)19-11-26/h12-13H,3-10H2,1-2H3,(H,20,21)/t12-,13-. The van der Waals surface area contributed by atoms with Crippen LogP contribution < -0.4 is 11.2 Å². The molecule has 0 aromatic carbocycles. The van der Waals surface area contributed by atoms with Crippen molar-refractivity contribution in [2.45, 2.75) is 77.4 Å². The van der Waals surface area contributed by atoms with Gasteiger partial charge in [-0.2, -0.15) is 0 Å². The molecule has 140 valence electrons. The van der Waals surface area contributed by atoms with Crippen molar-refractivity contribution in [3.63, 3.8) is 0 Å². The van der Waals surface area contributed by atoms with E-state index in [1.54, 1.807) is 4.57 Å². The SMILES string of the molecule is CCCn1c(=O)c2[nH]c([C@H]3CC[C@H](N=C=S)CC3)nc2n(CCC)c1=O. The fraction of sp³-hybridized carbons (Fsp3) is 0.667. The molecule has 3 rings (SSSR count). The Labute approximate surface area is 157 Å². The van der Waals surface area contributed by atoms with Crippen molar-refractivity contribution in [3.05, 3.63) is 26.7 Å². The Morgan fingerprint density at radius 3 is 2.42 bits per heavy atom. The van der Waals surface area contributed by atoms with Crippen molar-refractivity contribution in [1.29, 1.82) is 0 Å². The topological polar surface area (TPSA) is 85.0 Å². The highest BCUT2D eigenvalue weighted by Gasteiger charge is 2.26. The van der Waals surface area contributed by atoms with Gasteiger partial charge in [0.2, 0.25) is 0 Å². The first-order chi connectivity index (χ1) is 12.6. The number of nitrogens with one attached hydrogen (secondary N) is 1. The van der Waals surface area contributed by atoms with Crippen molar-refractivity contribution >= 4 is 28.5 Å². The summed E-state index contributed by atoms with van der Waals surface area (Å²) in [4.78, 5) is 37.6. The van der Waals surface area contributed by atoms with Crippen molar-refractivity contribution < 1.29 is 0 Å². The van der Waals surface area contributed by atoms with Gasteiger partial charge in [0.25, 0.3) is 5.56 Å². The predicted octanol–water partition coefficient (Wildman–Crippen LogP) is 2.84. The second kappa shape index (κ2) is 8.10. The molecule has 0 atom stereocenters. The largest absolute Gasteiger partial charge is 0.336 e. The van der Waals surface area contributed by atoms with E-state index in [2.05, 4.69) is 20.1 Å². The summed E-state index contributed by atoms with van der Waals surface area (Å²) in [6.45, 7) is 4.95. The number of aromatic amines is 1. The van der Waals surface area contributed by atoms with Crippen LogP contribution >= 0.6 is 12.2 Å². The molecule has 0 amide bonds. The average molecular weight is 375 g/mol. The average Bonchev–Trinajstić information content (AvgIpc) is 3.08. The van der Waals surface area contributed by atoms with Gasteiger partial charge in [0, 0.05) is 19.0 Å². The highest BCUT2D eigenvalue weighted by Crippen LogP contribution is 2.33. The Morgan fingerprint density at radius 2 is 1.81 bits per heavy atom. The van der Waals surface area contributed by atoms with Gasteiger partial charge in [0.05, 0.1) is 11.2 Å². The van der Waals surface area contributed by atoms with Gasteiger partial charge < -0.3 is 4.98 Å². The third kappa shape index (κ3) is 3.44. The van der Waals surface area contributed by atoms with Gasteiger partial charge in [-0.05, 0) is 50.7 Å². The van der Waals surface area contributed by atoms with E-state index in [-0.39, 0.29) is 23.2 Å². The van der Waals surface area contributed by atoms with Crippen LogP contribution in [0.5, 0.6) is 0 Å². The summed E-state index contributed by atoms with van der Waals surface area (Å²) in [7, 11) is 0. The second-order valence-electron chi connectivity index (χ2n) is 6.94. The van der Waals surface area contributed by atoms with E-state index in [0.29, 0.717) is 24.3 Å². The van der Waals surface area contributed by atoms with E-state index in [1.165, 1.54) is 4.57 Å². The van der Waals surface area contributed by atoms with Crippen LogP contribution in [0.2, 0.25) is 0 Å². The zero-order valence-corrected chi connectivity index (χ0v) is 16.1. The van der Waals surface area contributed by atoms with Crippen LogP contribution in [0.15, 0.2) is 14.6 Å². The maximum Gasteiger partial charge on any atom is 0.332 e. The third-order valence-corrected chi connectivity index (χ3v) is 5.20. The minimum atomic E-state index is -0.267. The summed E-state index contributed by atoms with van der Waals surface area (Å²) >= 11 is 4.69. The maximum absolute atomic E-state index is 12.8. The maximum atomic E-state index is 12.8. The molecule has 8 heteroatoms. The number of isothiocyanates is 1. The van der Waals surface area contributed by atoms with E-state index < -0.39 is 0 Å². The molecule has 1 fully saturated rings. The normalized spacial score (nSPS) is 20.2. The summed E-state index contributed by atoms with van der Waals surface area (Å²) in [5.41, 5.74) is 0.406. The van der Waals surface area contributed by atoms with Crippen molar-refractivity contribution in [2.24, 2.45) is 4.99 Å². The smallest absolute Gasteiger partial charge is 0.332 e. The number of thiocarbonyl (C=S) groups is 1. The number of aromatic nitrogens is 4. The second-order valence-corrected chi connectivity index (χ2v) is 7.12. The third-order valence-electron chi connectivity index (χ3n) is 5.09. The van der Waals surface area contributed by atoms with Crippen LogP contribution in [0.1, 0.15) is 64.1 Å². The molecule has 1 saturated carbocycles. The zero-order valence-electron chi connectivity index (χ0n) is 15.3. The molecule has 1 aliphatic carbocycles. The molecule has 0 spiro atoms. The van der Waals surface area contributed by atoms with E-state index in [9.17, 15) is 9.59 Å². The molecular formula is C18H25N5O2S. The summed E-state index contributed by atoms with van der Waals surface area (Å²) in [6.07, 6.45) is 5.29. The Morgan fingerprint density at radius 1 is 1.15 bits per heavy atom. The predicted molar refractivity (Wildman–Crippen MR) is 105 cm³/mol. The lowest BCUT2D eigenvalue weighted by Crippen LogP contribution is -2.40. The van der Waals surface area contributed by atoms with Gasteiger partial charge in [-0.15, -0.1) is 0 Å². The molecule has 0 saturated heterocycles. The van der Waals surface area contributed by atoms with Crippen LogP contribution in [-0.2, 0) is 13.1 Å². The molecule has 0 unspecified atom stereocenters. The lowest BCUT2D eigenvalue weighted by Gasteiger charge is -2.23. The Balaban J connectivity index is 2.04. The first kappa shape index (κ1) is 18.7. The summed E-state index contributed by atoms with van der Waals surface area (Å²) in [5, 5.41) is 2.47. The van der Waals surface area contributed by atoms with Crippen LogP contribution in [0.25, 0.3) is 11.2 Å². The molecular weight excluding hydrogens is 350 g/mol. The quantitative estimate of drug-likeness (QED) is 0.621. The van der Waals surface area contributed by atoms with Crippen LogP contribution in [0.4, 0.5) is 0 Å². The molecule has 0 radical (unpaired) electrons. The number of rotatable bonds is 6. The summed E-state index contributed by atoms with van der Waals surface area (Å²) < 4.78 is 2.96. The number of hydrogen-bond donors (Lipinski definition) is 1. The van der Waals surface area contributed by atoms with E-state index in [1.807, 2.05) is 13.8 Å². The minimum absolute atomic E-state index is 0.244. The fourth-order valence-corrected chi connectivity index (χ4v) is 3.93. The number of nitrogens with zero attached hydrogens (tertiary/aromatic N) is 4. The first-order valence-electron chi connectivity index (χ1n) is 9.40. The highest BCUT2D eigenvalue weighted by molar-refractivity contribution is 7.78. The Kier molecular flexibility index (Phi) is 5.84. The molecule has 2 aromatic rings. The number of hydrogen-bond acceptors (Lipinski definition) is 5. The number of H-pyrrole nitrogens is 1. The van der Waals surface area contributed by atoms with Gasteiger partial charge >= 0.3 is 5.69 Å². The molecule has 0 bridgehead atoms. The zero-order chi connectivity index (χ0) is 18.7. The fourth-order valence-electron chi connectivity index (χ4n) is 3.78. The molecule has 0 aliphatic heterocycles. The minimum Gasteiger partial charge on any atom is -0.336 e. The summed E-state index contributed by atoms with van der Waals surface area (Å²) in [5.74, 6) is 1.06.